The third kappa shape index (κ3) is 6.44. The number of benzene rings is 2. The van der Waals surface area contributed by atoms with E-state index in [1.165, 1.54) is 17.5 Å². The summed E-state index contributed by atoms with van der Waals surface area (Å²) in [5.41, 5.74) is -3.97. The second-order valence-corrected chi connectivity index (χ2v) is 7.42. The third-order valence-electron chi connectivity index (χ3n) is 3.84. The van der Waals surface area contributed by atoms with Crippen molar-refractivity contribution in [3.63, 3.8) is 0 Å². The Bertz CT molecular complexity index is 1190. The number of aromatic nitrogens is 1. The van der Waals surface area contributed by atoms with Gasteiger partial charge in [-0.3, -0.25) is 20.2 Å². The molecule has 0 saturated heterocycles. The zero-order valence-corrected chi connectivity index (χ0v) is 16.9. The molecule has 0 amide bonds. The Kier molecular flexibility index (Phi) is 7.36. The van der Waals surface area contributed by atoms with Gasteiger partial charge in [0.2, 0.25) is 5.82 Å². The van der Waals surface area contributed by atoms with Crippen LogP contribution in [-0.4, -0.2) is 14.8 Å². The van der Waals surface area contributed by atoms with Crippen LogP contribution in [0.15, 0.2) is 42.6 Å². The van der Waals surface area contributed by atoms with Gasteiger partial charge >= 0.3 is 18.0 Å². The van der Waals surface area contributed by atoms with Crippen LogP contribution in [0, 0.1) is 33.0 Å². The number of hydrogen-bond donors (Lipinski definition) is 0. The molecule has 3 aromatic rings. The average molecular weight is 497 g/mol. The summed E-state index contributed by atoms with van der Waals surface area (Å²) in [4.78, 5) is 23.7. The monoisotopic (exact) mass is 497 g/mol. The first kappa shape index (κ1) is 25.6. The first-order chi connectivity index (χ1) is 15.1. The number of alkyl halides is 6. The van der Waals surface area contributed by atoms with E-state index in [1.54, 1.807) is 6.92 Å². The van der Waals surface area contributed by atoms with Gasteiger partial charge < -0.3 is 0 Å². The molecule has 3 rings (SSSR count). The zero-order valence-electron chi connectivity index (χ0n) is 16.1. The Hall–Kier alpha value is -3.62. The summed E-state index contributed by atoms with van der Waals surface area (Å²) in [7, 11) is 0. The molecule has 7 nitrogen and oxygen atoms in total. The van der Waals surface area contributed by atoms with Crippen molar-refractivity contribution in [2.75, 3.05) is 0 Å². The van der Waals surface area contributed by atoms with Gasteiger partial charge in [0.05, 0.1) is 26.5 Å². The fourth-order valence-electron chi connectivity index (χ4n) is 2.35. The first-order valence-electron chi connectivity index (χ1n) is 8.41. The van der Waals surface area contributed by atoms with E-state index in [4.69, 9.17) is 0 Å². The van der Waals surface area contributed by atoms with Gasteiger partial charge in [0.25, 0.3) is 5.69 Å². The van der Waals surface area contributed by atoms with Crippen molar-refractivity contribution in [3.05, 3.63) is 84.6 Å². The van der Waals surface area contributed by atoms with E-state index in [9.17, 15) is 51.0 Å². The molecule has 0 unspecified atom stereocenters. The van der Waals surface area contributed by atoms with E-state index in [1.807, 2.05) is 0 Å². The Morgan fingerprint density at radius 2 is 1.33 bits per heavy atom. The van der Waals surface area contributed by atoms with Crippen LogP contribution in [0.1, 0.15) is 16.0 Å². The average Bonchev–Trinajstić information content (AvgIpc) is 3.12. The minimum Gasteiger partial charge on any atom is -0.258 e. The van der Waals surface area contributed by atoms with E-state index in [0.717, 1.165) is 17.0 Å². The van der Waals surface area contributed by atoms with Crippen molar-refractivity contribution in [2.45, 2.75) is 19.3 Å². The first-order valence-corrected chi connectivity index (χ1v) is 9.22. The second kappa shape index (κ2) is 9.48. The molecule has 176 valence electrons. The second-order valence-electron chi connectivity index (χ2n) is 6.18. The predicted molar refractivity (Wildman–Crippen MR) is 102 cm³/mol. The van der Waals surface area contributed by atoms with Gasteiger partial charge in [0.1, 0.15) is 5.01 Å². The lowest BCUT2D eigenvalue weighted by atomic mass is 10.1. The summed E-state index contributed by atoms with van der Waals surface area (Å²) in [6.45, 7) is 1.76. The molecule has 0 spiro atoms. The number of halogens is 7. The van der Waals surface area contributed by atoms with Crippen molar-refractivity contribution >= 4 is 22.7 Å². The highest BCUT2D eigenvalue weighted by Crippen LogP contribution is 2.38. The molecule has 1 aromatic heterocycles. The number of nitro benzene ring substituents is 2. The molecule has 15 heteroatoms. The maximum Gasteiger partial charge on any atom is 0.416 e. The van der Waals surface area contributed by atoms with Crippen molar-refractivity contribution in [1.82, 2.24) is 4.98 Å². The lowest BCUT2D eigenvalue weighted by molar-refractivity contribution is -0.387. The van der Waals surface area contributed by atoms with Gasteiger partial charge in [0.15, 0.2) is 0 Å². The fourth-order valence-corrected chi connectivity index (χ4v) is 3.15. The van der Waals surface area contributed by atoms with E-state index in [2.05, 4.69) is 4.98 Å². The topological polar surface area (TPSA) is 99.2 Å². The van der Waals surface area contributed by atoms with Crippen LogP contribution in [0.3, 0.4) is 0 Å². The Balaban J connectivity index is 0.000000245. The lowest BCUT2D eigenvalue weighted by Gasteiger charge is -2.07. The fraction of sp³-hybridized carbons (Fsp3) is 0.167. The Morgan fingerprint density at radius 1 is 0.848 bits per heavy atom. The summed E-state index contributed by atoms with van der Waals surface area (Å²) in [6.07, 6.45) is -7.80. The maximum atomic E-state index is 12.6. The Labute approximate surface area is 183 Å². The van der Waals surface area contributed by atoms with Gasteiger partial charge in [-0.15, -0.1) is 11.3 Å². The van der Waals surface area contributed by atoms with Gasteiger partial charge in [-0.2, -0.15) is 30.7 Å². The quantitative estimate of drug-likeness (QED) is 0.225. The molecular weight excluding hydrogens is 487 g/mol. The van der Waals surface area contributed by atoms with Gasteiger partial charge in [-0.1, -0.05) is 0 Å². The zero-order chi connectivity index (χ0) is 25.1. The molecular formula is C18H10F7N3O4S. The van der Waals surface area contributed by atoms with Crippen LogP contribution in [0.25, 0.3) is 10.6 Å². The molecule has 0 aliphatic heterocycles. The van der Waals surface area contributed by atoms with Crippen molar-refractivity contribution in [3.8, 4) is 10.6 Å². The smallest absolute Gasteiger partial charge is 0.258 e. The number of hydrogen-bond acceptors (Lipinski definition) is 6. The molecule has 0 bridgehead atoms. The highest BCUT2D eigenvalue weighted by atomic mass is 32.1. The molecule has 2 aromatic carbocycles. The van der Waals surface area contributed by atoms with Gasteiger partial charge in [-0.25, -0.2) is 4.98 Å². The molecule has 33 heavy (non-hydrogen) atoms. The number of aryl methyl sites for hydroxylation is 1. The summed E-state index contributed by atoms with van der Waals surface area (Å²) in [5.74, 6) is -1.29. The van der Waals surface area contributed by atoms with Crippen LogP contribution in [0.2, 0.25) is 0 Å². The van der Waals surface area contributed by atoms with Crippen LogP contribution >= 0.6 is 11.3 Å². The summed E-state index contributed by atoms with van der Waals surface area (Å²) in [5, 5.41) is 21.3. The maximum absolute atomic E-state index is 12.6. The van der Waals surface area contributed by atoms with Crippen molar-refractivity contribution < 1.29 is 40.6 Å². The molecule has 0 aliphatic rings. The molecule has 0 saturated carbocycles. The Morgan fingerprint density at radius 3 is 1.76 bits per heavy atom. The standard InChI is InChI=1S/C11H7F3N2O2S.C7H3F4NO2/c1-6-5-15-10(19-6)8-3-2-7(11(12,13)14)4-9(8)16(17)18;8-5-2-1-4(7(9,10)11)3-6(5)12(13)14/h2-5H,1H3;1-3H. The van der Waals surface area contributed by atoms with Crippen LogP contribution in [0.4, 0.5) is 42.1 Å². The largest absolute Gasteiger partial charge is 0.416 e. The molecule has 0 N–H and O–H groups in total. The van der Waals surface area contributed by atoms with Gasteiger partial charge in [-0.05, 0) is 31.2 Å². The summed E-state index contributed by atoms with van der Waals surface area (Å²) >= 11 is 1.19. The molecule has 0 fully saturated rings. The van der Waals surface area contributed by atoms with E-state index in [-0.39, 0.29) is 11.6 Å². The molecule has 0 atom stereocenters. The number of thiazole rings is 1. The minimum atomic E-state index is -4.71. The minimum absolute atomic E-state index is 0.0936. The van der Waals surface area contributed by atoms with Crippen molar-refractivity contribution in [1.29, 1.82) is 0 Å². The van der Waals surface area contributed by atoms with Crippen molar-refractivity contribution in [2.24, 2.45) is 0 Å². The lowest BCUT2D eigenvalue weighted by Crippen LogP contribution is -2.06. The number of rotatable bonds is 3. The SMILES string of the molecule is Cc1cnc(-c2ccc(C(F)(F)F)cc2[N+](=O)[O-])s1.O=[N+]([O-])c1cc(C(F)(F)F)ccc1F. The van der Waals surface area contributed by atoms with Crippen LogP contribution < -0.4 is 0 Å². The normalized spacial score (nSPS) is 11.5. The molecule has 0 aliphatic carbocycles. The van der Waals surface area contributed by atoms with E-state index >= 15 is 0 Å². The summed E-state index contributed by atoms with van der Waals surface area (Å²) < 4.78 is 86.3. The number of nitrogens with zero attached hydrogens (tertiary/aromatic N) is 3. The van der Waals surface area contributed by atoms with Crippen LogP contribution in [0.5, 0.6) is 0 Å². The van der Waals surface area contributed by atoms with Gasteiger partial charge in [0, 0.05) is 23.2 Å². The molecule has 1 heterocycles. The molecule has 0 radical (unpaired) electrons. The van der Waals surface area contributed by atoms with E-state index in [0.29, 0.717) is 23.2 Å². The van der Waals surface area contributed by atoms with Crippen LogP contribution in [-0.2, 0) is 12.4 Å². The summed E-state index contributed by atoms with van der Waals surface area (Å²) in [6, 6.07) is 3.46. The van der Waals surface area contributed by atoms with E-state index < -0.39 is 50.5 Å². The predicted octanol–water partition coefficient (Wildman–Crippen LogP) is 6.80. The highest BCUT2D eigenvalue weighted by Gasteiger charge is 2.34. The third-order valence-corrected chi connectivity index (χ3v) is 4.79. The highest BCUT2D eigenvalue weighted by molar-refractivity contribution is 7.15. The number of nitro groups is 2.